The third-order valence-corrected chi connectivity index (χ3v) is 1.13. The van der Waals surface area contributed by atoms with Gasteiger partial charge >= 0.3 is 0 Å². The molecule has 56 valence electrons. The zero-order chi connectivity index (χ0) is 7.40. The number of anilines is 1. The van der Waals surface area contributed by atoms with Crippen molar-refractivity contribution >= 4 is 5.88 Å². The molecule has 0 fully saturated rings. The van der Waals surface area contributed by atoms with E-state index >= 15 is 0 Å². The summed E-state index contributed by atoms with van der Waals surface area (Å²) < 4.78 is 4.65. The molecule has 10 heavy (non-hydrogen) atoms. The van der Waals surface area contributed by atoms with Gasteiger partial charge in [0.1, 0.15) is 0 Å². The van der Waals surface area contributed by atoms with Crippen molar-refractivity contribution in [1.82, 2.24) is 10.5 Å². The van der Waals surface area contributed by atoms with E-state index in [2.05, 4.69) is 15.0 Å². The van der Waals surface area contributed by atoms with Crippen molar-refractivity contribution in [2.45, 2.75) is 13.5 Å². The first-order valence-corrected chi connectivity index (χ1v) is 3.24. The van der Waals surface area contributed by atoms with Gasteiger partial charge in [-0.15, -0.1) is 0 Å². The summed E-state index contributed by atoms with van der Waals surface area (Å²) in [4.78, 5) is 0. The van der Waals surface area contributed by atoms with E-state index in [9.17, 15) is 0 Å². The quantitative estimate of drug-likeness (QED) is 0.638. The maximum atomic E-state index is 5.29. The van der Waals surface area contributed by atoms with Gasteiger partial charge < -0.3 is 15.6 Å². The first-order valence-electron chi connectivity index (χ1n) is 3.24. The number of nitrogens with zero attached hydrogens (tertiary/aromatic N) is 1. The number of aromatic nitrogens is 1. The van der Waals surface area contributed by atoms with E-state index in [0.717, 1.165) is 18.8 Å². The molecule has 0 unspecified atom stereocenters. The highest BCUT2D eigenvalue weighted by Gasteiger charge is 1.97. The van der Waals surface area contributed by atoms with Gasteiger partial charge in [-0.25, -0.2) is 0 Å². The van der Waals surface area contributed by atoms with Crippen molar-refractivity contribution in [3.8, 4) is 0 Å². The molecule has 4 heteroatoms. The summed E-state index contributed by atoms with van der Waals surface area (Å²) in [6, 6.07) is 1.71. The van der Waals surface area contributed by atoms with Crippen LogP contribution in [0, 0.1) is 0 Å². The molecule has 1 aromatic rings. The summed E-state index contributed by atoms with van der Waals surface area (Å²) in [6.07, 6.45) is 0. The summed E-state index contributed by atoms with van der Waals surface area (Å²) in [5.41, 5.74) is 6.14. The molecule has 0 aliphatic carbocycles. The van der Waals surface area contributed by atoms with Gasteiger partial charge in [0, 0.05) is 12.6 Å². The van der Waals surface area contributed by atoms with Gasteiger partial charge in [0.05, 0.1) is 5.69 Å². The first kappa shape index (κ1) is 7.08. The average molecular weight is 141 g/mol. The zero-order valence-electron chi connectivity index (χ0n) is 5.92. The molecule has 0 aromatic carbocycles. The van der Waals surface area contributed by atoms with E-state index in [1.54, 1.807) is 6.07 Å². The Bertz CT molecular complexity index is 197. The lowest BCUT2D eigenvalue weighted by atomic mass is 10.4. The third kappa shape index (κ3) is 1.73. The van der Waals surface area contributed by atoms with Gasteiger partial charge in [0.15, 0.2) is 0 Å². The molecule has 0 atom stereocenters. The smallest absolute Gasteiger partial charge is 0.222 e. The molecular weight excluding hydrogens is 130 g/mol. The van der Waals surface area contributed by atoms with Crippen molar-refractivity contribution in [1.29, 1.82) is 0 Å². The van der Waals surface area contributed by atoms with E-state index < -0.39 is 0 Å². The molecule has 1 rings (SSSR count). The predicted molar refractivity (Wildman–Crippen MR) is 38.3 cm³/mol. The highest BCUT2D eigenvalue weighted by atomic mass is 16.5. The second-order valence-corrected chi connectivity index (χ2v) is 2.00. The molecule has 0 saturated heterocycles. The molecule has 1 heterocycles. The molecule has 1 aromatic heterocycles. The summed E-state index contributed by atoms with van der Waals surface area (Å²) in [7, 11) is 0. The summed E-state index contributed by atoms with van der Waals surface area (Å²) in [6.45, 7) is 3.67. The van der Waals surface area contributed by atoms with Crippen LogP contribution in [0.4, 0.5) is 5.88 Å². The SMILES string of the molecule is CCNCc1cc(N)on1. The summed E-state index contributed by atoms with van der Waals surface area (Å²) in [5.74, 6) is 0.368. The van der Waals surface area contributed by atoms with Crippen LogP contribution in [0.25, 0.3) is 0 Å². The van der Waals surface area contributed by atoms with E-state index in [4.69, 9.17) is 5.73 Å². The Morgan fingerprint density at radius 3 is 3.10 bits per heavy atom. The number of hydrogen-bond donors (Lipinski definition) is 2. The van der Waals surface area contributed by atoms with Gasteiger partial charge in [0.2, 0.25) is 5.88 Å². The molecule has 0 radical (unpaired) electrons. The lowest BCUT2D eigenvalue weighted by molar-refractivity contribution is 0.424. The topological polar surface area (TPSA) is 64.1 Å². The van der Waals surface area contributed by atoms with Crippen LogP contribution in [0.15, 0.2) is 10.6 Å². The minimum atomic E-state index is 0.368. The maximum absolute atomic E-state index is 5.29. The Kier molecular flexibility index (Phi) is 2.28. The normalized spacial score (nSPS) is 10.1. The van der Waals surface area contributed by atoms with E-state index in [1.165, 1.54) is 0 Å². The Balaban J connectivity index is 2.42. The second kappa shape index (κ2) is 3.22. The standard InChI is InChI=1S/C6H11N3O/c1-2-8-4-5-3-6(7)10-9-5/h3,8H,2,4,7H2,1H3. The van der Waals surface area contributed by atoms with E-state index in [-0.39, 0.29) is 0 Å². The van der Waals surface area contributed by atoms with Crippen LogP contribution in [0.3, 0.4) is 0 Å². The van der Waals surface area contributed by atoms with Crippen LogP contribution in [-0.4, -0.2) is 11.7 Å². The molecule has 0 spiro atoms. The van der Waals surface area contributed by atoms with Crippen molar-refractivity contribution in [3.63, 3.8) is 0 Å². The fourth-order valence-electron chi connectivity index (χ4n) is 0.665. The summed E-state index contributed by atoms with van der Waals surface area (Å²) in [5, 5.41) is 6.79. The van der Waals surface area contributed by atoms with Crippen LogP contribution in [0.1, 0.15) is 12.6 Å². The van der Waals surface area contributed by atoms with Gasteiger partial charge in [-0.2, -0.15) is 0 Å². The zero-order valence-corrected chi connectivity index (χ0v) is 5.92. The van der Waals surface area contributed by atoms with Gasteiger partial charge in [-0.3, -0.25) is 0 Å². The van der Waals surface area contributed by atoms with Crippen molar-refractivity contribution in [3.05, 3.63) is 11.8 Å². The van der Waals surface area contributed by atoms with Crippen LogP contribution < -0.4 is 11.1 Å². The molecule has 0 saturated carbocycles. The monoisotopic (exact) mass is 141 g/mol. The molecule has 3 N–H and O–H groups in total. The molecular formula is C6H11N3O. The number of hydrogen-bond acceptors (Lipinski definition) is 4. The fourth-order valence-corrected chi connectivity index (χ4v) is 0.665. The van der Waals surface area contributed by atoms with Crippen LogP contribution in [0.5, 0.6) is 0 Å². The summed E-state index contributed by atoms with van der Waals surface area (Å²) >= 11 is 0. The lowest BCUT2D eigenvalue weighted by Crippen LogP contribution is -2.11. The van der Waals surface area contributed by atoms with Crippen LogP contribution in [0.2, 0.25) is 0 Å². The fraction of sp³-hybridized carbons (Fsp3) is 0.500. The highest BCUT2D eigenvalue weighted by molar-refractivity contribution is 5.23. The second-order valence-electron chi connectivity index (χ2n) is 2.00. The Labute approximate surface area is 59.4 Å². The van der Waals surface area contributed by atoms with E-state index in [0.29, 0.717) is 5.88 Å². The van der Waals surface area contributed by atoms with Crippen molar-refractivity contribution in [2.75, 3.05) is 12.3 Å². The third-order valence-electron chi connectivity index (χ3n) is 1.13. The highest BCUT2D eigenvalue weighted by Crippen LogP contribution is 2.02. The number of nitrogens with two attached hydrogens (primary N) is 1. The van der Waals surface area contributed by atoms with Crippen LogP contribution >= 0.6 is 0 Å². The van der Waals surface area contributed by atoms with Crippen molar-refractivity contribution in [2.24, 2.45) is 0 Å². The molecule has 0 bridgehead atoms. The Morgan fingerprint density at radius 1 is 1.80 bits per heavy atom. The van der Waals surface area contributed by atoms with Gasteiger partial charge in [-0.1, -0.05) is 12.1 Å². The average Bonchev–Trinajstić information content (AvgIpc) is 2.31. The number of nitrogen functional groups attached to an aromatic ring is 1. The maximum Gasteiger partial charge on any atom is 0.222 e. The van der Waals surface area contributed by atoms with Crippen molar-refractivity contribution < 1.29 is 4.52 Å². The van der Waals surface area contributed by atoms with E-state index in [1.807, 2.05) is 6.92 Å². The van der Waals surface area contributed by atoms with Gasteiger partial charge in [0.25, 0.3) is 0 Å². The van der Waals surface area contributed by atoms with Gasteiger partial charge in [-0.05, 0) is 6.54 Å². The molecule has 0 aliphatic heterocycles. The first-order chi connectivity index (χ1) is 4.83. The lowest BCUT2D eigenvalue weighted by Gasteiger charge is -1.92. The van der Waals surface area contributed by atoms with Crippen LogP contribution in [-0.2, 0) is 6.54 Å². The minimum absolute atomic E-state index is 0.368. The molecule has 4 nitrogen and oxygen atoms in total. The molecule has 0 amide bonds. The Hall–Kier alpha value is -1.03. The number of nitrogens with one attached hydrogen (secondary N) is 1. The predicted octanol–water partition coefficient (Wildman–Crippen LogP) is 0.366. The minimum Gasteiger partial charge on any atom is -0.368 e. The largest absolute Gasteiger partial charge is 0.368 e. The Morgan fingerprint density at radius 2 is 2.60 bits per heavy atom. The number of rotatable bonds is 3. The molecule has 0 aliphatic rings.